The minimum atomic E-state index is -0.332. The van der Waals surface area contributed by atoms with Crippen molar-refractivity contribution >= 4 is 17.4 Å². The average Bonchev–Trinajstić information content (AvgIpc) is 3.26. The Labute approximate surface area is 145 Å². The number of carbonyl (C=O) groups excluding carboxylic acids is 1. The van der Waals surface area contributed by atoms with Crippen molar-refractivity contribution in [2.75, 3.05) is 11.9 Å². The van der Waals surface area contributed by atoms with E-state index in [4.69, 9.17) is 4.74 Å². The van der Waals surface area contributed by atoms with Crippen molar-refractivity contribution in [2.24, 2.45) is 0 Å². The molecule has 7 heteroatoms. The lowest BCUT2D eigenvalue weighted by molar-refractivity contribution is -0.124. The molecule has 1 atom stereocenters. The van der Waals surface area contributed by atoms with Gasteiger partial charge in [-0.3, -0.25) is 4.79 Å². The van der Waals surface area contributed by atoms with Gasteiger partial charge in [-0.05, 0) is 38.8 Å². The number of rotatable bonds is 3. The zero-order valence-electron chi connectivity index (χ0n) is 14.2. The second-order valence-electron chi connectivity index (χ2n) is 6.22. The number of benzene rings is 1. The van der Waals surface area contributed by atoms with Crippen molar-refractivity contribution in [3.05, 3.63) is 41.9 Å². The summed E-state index contributed by atoms with van der Waals surface area (Å²) in [6, 6.07) is 7.58. The second kappa shape index (κ2) is 6.25. The molecule has 1 amide bonds. The number of hydrogen-bond acceptors (Lipinski definition) is 5. The fourth-order valence-corrected chi connectivity index (χ4v) is 2.85. The highest BCUT2D eigenvalue weighted by atomic mass is 16.5. The van der Waals surface area contributed by atoms with Gasteiger partial charge in [0.1, 0.15) is 6.10 Å². The van der Waals surface area contributed by atoms with Crippen molar-refractivity contribution in [2.45, 2.75) is 32.8 Å². The standard InChI is InChI=1S/C18H19N5O2/c1-11-12(2)22-23-10-15(21-18(23)19-11)13-5-7-14(8-6-13)20-17(24)16-4-3-9-25-16/h5-8,10,16H,3-4,9H2,1-2H3,(H,20,24). The molecule has 0 radical (unpaired) electrons. The van der Waals surface area contributed by atoms with Crippen molar-refractivity contribution in [3.63, 3.8) is 0 Å². The van der Waals surface area contributed by atoms with Crippen LogP contribution in [0.3, 0.4) is 0 Å². The van der Waals surface area contributed by atoms with E-state index in [-0.39, 0.29) is 12.0 Å². The van der Waals surface area contributed by atoms with E-state index in [0.717, 1.165) is 41.2 Å². The van der Waals surface area contributed by atoms with Crippen LogP contribution in [-0.2, 0) is 9.53 Å². The van der Waals surface area contributed by atoms with Crippen molar-refractivity contribution < 1.29 is 9.53 Å². The highest BCUT2D eigenvalue weighted by Crippen LogP contribution is 2.22. The summed E-state index contributed by atoms with van der Waals surface area (Å²) in [7, 11) is 0. The number of nitrogens with one attached hydrogen (secondary N) is 1. The van der Waals surface area contributed by atoms with Crippen LogP contribution in [0.2, 0.25) is 0 Å². The number of hydrogen-bond donors (Lipinski definition) is 1. The van der Waals surface area contributed by atoms with Crippen LogP contribution in [0.15, 0.2) is 30.5 Å². The maximum atomic E-state index is 12.1. The fourth-order valence-electron chi connectivity index (χ4n) is 2.85. The molecule has 0 spiro atoms. The Balaban J connectivity index is 1.54. The molecule has 0 bridgehead atoms. The van der Waals surface area contributed by atoms with Crippen LogP contribution in [0.5, 0.6) is 0 Å². The largest absolute Gasteiger partial charge is 0.368 e. The van der Waals surface area contributed by atoms with Gasteiger partial charge in [-0.15, -0.1) is 0 Å². The summed E-state index contributed by atoms with van der Waals surface area (Å²) in [5, 5.41) is 7.33. The molecule has 1 aliphatic heterocycles. The molecule has 1 unspecified atom stereocenters. The first-order valence-electron chi connectivity index (χ1n) is 8.34. The molecule has 1 saturated heterocycles. The van der Waals surface area contributed by atoms with Gasteiger partial charge in [0.05, 0.1) is 23.3 Å². The highest BCUT2D eigenvalue weighted by molar-refractivity contribution is 5.94. The van der Waals surface area contributed by atoms with Crippen LogP contribution < -0.4 is 5.32 Å². The smallest absolute Gasteiger partial charge is 0.253 e. The molecule has 25 heavy (non-hydrogen) atoms. The summed E-state index contributed by atoms with van der Waals surface area (Å²) in [5.74, 6) is 0.492. The molecule has 1 fully saturated rings. The number of nitrogens with zero attached hydrogens (tertiary/aromatic N) is 4. The Bertz CT molecular complexity index is 888. The monoisotopic (exact) mass is 337 g/mol. The van der Waals surface area contributed by atoms with Gasteiger partial charge in [-0.1, -0.05) is 12.1 Å². The number of amides is 1. The van der Waals surface area contributed by atoms with Gasteiger partial charge in [0.25, 0.3) is 11.7 Å². The first-order valence-corrected chi connectivity index (χ1v) is 8.34. The fraction of sp³-hybridized carbons (Fsp3) is 0.333. The number of aryl methyl sites for hydroxylation is 2. The summed E-state index contributed by atoms with van der Waals surface area (Å²) in [4.78, 5) is 21.0. The van der Waals surface area contributed by atoms with E-state index in [9.17, 15) is 4.79 Å². The van der Waals surface area contributed by atoms with E-state index in [1.165, 1.54) is 0 Å². The van der Waals surface area contributed by atoms with Gasteiger partial charge in [-0.2, -0.15) is 5.10 Å². The van der Waals surface area contributed by atoms with E-state index < -0.39 is 0 Å². The third kappa shape index (κ3) is 3.10. The lowest BCUT2D eigenvalue weighted by Gasteiger charge is -2.10. The topological polar surface area (TPSA) is 81.4 Å². The van der Waals surface area contributed by atoms with Crippen LogP contribution in [-0.4, -0.2) is 38.2 Å². The molecule has 1 N–H and O–H groups in total. The Morgan fingerprint density at radius 3 is 2.72 bits per heavy atom. The lowest BCUT2D eigenvalue weighted by Crippen LogP contribution is -2.26. The zero-order valence-corrected chi connectivity index (χ0v) is 14.2. The van der Waals surface area contributed by atoms with E-state index in [0.29, 0.717) is 12.4 Å². The van der Waals surface area contributed by atoms with Crippen molar-refractivity contribution in [1.29, 1.82) is 0 Å². The lowest BCUT2D eigenvalue weighted by atomic mass is 10.1. The Hall–Kier alpha value is -2.80. The second-order valence-corrected chi connectivity index (χ2v) is 6.22. The van der Waals surface area contributed by atoms with Crippen LogP contribution in [0.25, 0.3) is 17.0 Å². The first kappa shape index (κ1) is 15.7. The number of carbonyl (C=O) groups is 1. The molecule has 0 saturated carbocycles. The van der Waals surface area contributed by atoms with Gasteiger partial charge in [-0.25, -0.2) is 14.5 Å². The quantitative estimate of drug-likeness (QED) is 0.794. The number of fused-ring (bicyclic) bond motifs is 1. The van der Waals surface area contributed by atoms with Crippen molar-refractivity contribution in [3.8, 4) is 11.3 Å². The highest BCUT2D eigenvalue weighted by Gasteiger charge is 2.23. The maximum absolute atomic E-state index is 12.1. The normalized spacial score (nSPS) is 17.1. The molecular weight excluding hydrogens is 318 g/mol. The van der Waals surface area contributed by atoms with Crippen LogP contribution >= 0.6 is 0 Å². The van der Waals surface area contributed by atoms with Gasteiger partial charge in [0.2, 0.25) is 0 Å². The van der Waals surface area contributed by atoms with Gasteiger partial charge in [0.15, 0.2) is 0 Å². The number of aromatic nitrogens is 4. The minimum Gasteiger partial charge on any atom is -0.368 e. The third-order valence-corrected chi connectivity index (χ3v) is 4.39. The Morgan fingerprint density at radius 1 is 1.20 bits per heavy atom. The van der Waals surface area contributed by atoms with Crippen LogP contribution in [0, 0.1) is 13.8 Å². The molecule has 4 rings (SSSR count). The molecule has 3 heterocycles. The predicted molar refractivity (Wildman–Crippen MR) is 93.3 cm³/mol. The number of ether oxygens (including phenoxy) is 1. The Morgan fingerprint density at radius 2 is 2.00 bits per heavy atom. The molecule has 1 aromatic carbocycles. The van der Waals surface area contributed by atoms with E-state index in [2.05, 4.69) is 20.4 Å². The molecule has 0 aliphatic carbocycles. The third-order valence-electron chi connectivity index (χ3n) is 4.39. The summed E-state index contributed by atoms with van der Waals surface area (Å²) < 4.78 is 7.08. The number of imidazole rings is 1. The van der Waals surface area contributed by atoms with E-state index in [1.807, 2.05) is 44.3 Å². The average molecular weight is 337 g/mol. The van der Waals surface area contributed by atoms with E-state index >= 15 is 0 Å². The van der Waals surface area contributed by atoms with Crippen LogP contribution in [0.1, 0.15) is 24.2 Å². The van der Waals surface area contributed by atoms with Gasteiger partial charge in [0, 0.05) is 17.9 Å². The van der Waals surface area contributed by atoms with Gasteiger partial charge < -0.3 is 10.1 Å². The molecule has 128 valence electrons. The SMILES string of the molecule is Cc1nc2nc(-c3ccc(NC(=O)C4CCCO4)cc3)cn2nc1C. The first-order chi connectivity index (χ1) is 12.1. The summed E-state index contributed by atoms with van der Waals surface area (Å²) in [6.45, 7) is 4.50. The zero-order chi connectivity index (χ0) is 17.4. The molecule has 7 nitrogen and oxygen atoms in total. The number of anilines is 1. The summed E-state index contributed by atoms with van der Waals surface area (Å²) >= 11 is 0. The van der Waals surface area contributed by atoms with Crippen LogP contribution in [0.4, 0.5) is 5.69 Å². The Kier molecular flexibility index (Phi) is 3.93. The van der Waals surface area contributed by atoms with Crippen molar-refractivity contribution in [1.82, 2.24) is 19.6 Å². The summed E-state index contributed by atoms with van der Waals surface area (Å²) in [5.41, 5.74) is 4.23. The summed E-state index contributed by atoms with van der Waals surface area (Å²) in [6.07, 6.45) is 3.24. The van der Waals surface area contributed by atoms with E-state index in [1.54, 1.807) is 4.52 Å². The predicted octanol–water partition coefficient (Wildman–Crippen LogP) is 2.53. The molecule has 1 aliphatic rings. The molecule has 2 aromatic heterocycles. The van der Waals surface area contributed by atoms with Gasteiger partial charge >= 0.3 is 0 Å². The maximum Gasteiger partial charge on any atom is 0.253 e. The molecular formula is C18H19N5O2. The minimum absolute atomic E-state index is 0.0858. The molecule has 3 aromatic rings.